The Morgan fingerprint density at radius 1 is 1.23 bits per heavy atom. The number of rotatable bonds is 1. The maximum absolute atomic E-state index is 7.19. The highest BCUT2D eigenvalue weighted by Crippen LogP contribution is 2.08. The Labute approximate surface area is 75.5 Å². The number of amidine groups is 1. The number of nitrogens with two attached hydrogens (primary N) is 2. The molecule has 0 bridgehead atoms. The smallest absolute Gasteiger partial charge is 0.317 e. The molecule has 0 saturated heterocycles. The lowest BCUT2D eigenvalue weighted by Gasteiger charge is -2.01. The van der Waals surface area contributed by atoms with E-state index >= 15 is 0 Å². The largest absolute Gasteiger partial charge is 0.425 e. The number of ether oxygens (including phenoxy) is 1. The summed E-state index contributed by atoms with van der Waals surface area (Å²) in [5.74, 6) is 0.332. The Kier molecular flexibility index (Phi) is 2.86. The van der Waals surface area contributed by atoms with E-state index in [0.29, 0.717) is 5.75 Å². The minimum atomic E-state index is -0.328. The van der Waals surface area contributed by atoms with Gasteiger partial charge >= 0.3 is 6.02 Å². The van der Waals surface area contributed by atoms with E-state index < -0.39 is 0 Å². The molecule has 0 unspecified atom stereocenters. The van der Waals surface area contributed by atoms with Crippen molar-refractivity contribution in [3.05, 3.63) is 30.3 Å². The molecule has 0 saturated carbocycles. The van der Waals surface area contributed by atoms with Gasteiger partial charge in [0.1, 0.15) is 5.75 Å². The molecule has 0 radical (unpaired) electrons. The third-order valence-electron chi connectivity index (χ3n) is 1.19. The molecule has 5 heteroatoms. The SMILES string of the molecule is N=C(N=C(N)N)Oc1ccccc1. The van der Waals surface area contributed by atoms with Crippen LogP contribution in [0.1, 0.15) is 0 Å². The molecule has 5 N–H and O–H groups in total. The standard InChI is InChI=1S/C8H10N4O/c9-7(10)12-8(11)13-6-4-2-1-3-5-6/h1-5H,(H5,9,10,11,12). The molecular formula is C8H10N4O. The Morgan fingerprint density at radius 2 is 1.85 bits per heavy atom. The molecule has 1 rings (SSSR count). The first kappa shape index (κ1) is 9.05. The summed E-state index contributed by atoms with van der Waals surface area (Å²) in [6.45, 7) is 0. The fourth-order valence-electron chi connectivity index (χ4n) is 0.740. The van der Waals surface area contributed by atoms with E-state index in [1.54, 1.807) is 24.3 Å². The Balaban J connectivity index is 2.61. The minimum Gasteiger partial charge on any atom is -0.425 e. The average molecular weight is 178 g/mol. The van der Waals surface area contributed by atoms with Gasteiger partial charge in [-0.3, -0.25) is 0 Å². The molecule has 1 aromatic carbocycles. The van der Waals surface area contributed by atoms with Crippen molar-refractivity contribution in [1.82, 2.24) is 0 Å². The zero-order valence-corrected chi connectivity index (χ0v) is 6.90. The van der Waals surface area contributed by atoms with Gasteiger partial charge in [0.15, 0.2) is 5.96 Å². The number of nitrogens with one attached hydrogen (secondary N) is 1. The van der Waals surface area contributed by atoms with Gasteiger partial charge in [-0.2, -0.15) is 4.99 Å². The first-order valence-corrected chi connectivity index (χ1v) is 3.59. The molecule has 0 aliphatic carbocycles. The van der Waals surface area contributed by atoms with Gasteiger partial charge in [-0.1, -0.05) is 18.2 Å². The van der Waals surface area contributed by atoms with Crippen LogP contribution in [-0.4, -0.2) is 12.0 Å². The van der Waals surface area contributed by atoms with Crippen LogP contribution in [0.3, 0.4) is 0 Å². The summed E-state index contributed by atoms with van der Waals surface area (Å²) in [7, 11) is 0. The van der Waals surface area contributed by atoms with E-state index in [1.165, 1.54) is 0 Å². The molecule has 0 atom stereocenters. The number of nitrogens with zero attached hydrogens (tertiary/aromatic N) is 1. The third-order valence-corrected chi connectivity index (χ3v) is 1.19. The van der Waals surface area contributed by atoms with Crippen molar-refractivity contribution in [2.24, 2.45) is 16.5 Å². The Bertz CT molecular complexity index is 316. The molecule has 68 valence electrons. The zero-order valence-electron chi connectivity index (χ0n) is 6.90. The van der Waals surface area contributed by atoms with Gasteiger partial charge in [0.25, 0.3) is 0 Å². The predicted molar refractivity (Wildman–Crippen MR) is 50.6 cm³/mol. The van der Waals surface area contributed by atoms with E-state index in [-0.39, 0.29) is 12.0 Å². The fraction of sp³-hybridized carbons (Fsp3) is 0. The zero-order chi connectivity index (χ0) is 9.68. The van der Waals surface area contributed by atoms with Gasteiger partial charge in [0.05, 0.1) is 0 Å². The lowest BCUT2D eigenvalue weighted by atomic mass is 10.3. The molecule has 13 heavy (non-hydrogen) atoms. The second kappa shape index (κ2) is 4.10. The van der Waals surface area contributed by atoms with Crippen LogP contribution in [-0.2, 0) is 0 Å². The van der Waals surface area contributed by atoms with Crippen molar-refractivity contribution in [3.8, 4) is 5.75 Å². The molecule has 0 aromatic heterocycles. The first-order chi connectivity index (χ1) is 6.18. The maximum atomic E-state index is 7.19. The number of hydrogen-bond donors (Lipinski definition) is 3. The summed E-state index contributed by atoms with van der Waals surface area (Å²) in [4.78, 5) is 3.41. The van der Waals surface area contributed by atoms with Crippen molar-refractivity contribution in [2.45, 2.75) is 0 Å². The van der Waals surface area contributed by atoms with E-state index in [0.717, 1.165) is 0 Å². The monoisotopic (exact) mass is 178 g/mol. The van der Waals surface area contributed by atoms with Crippen LogP contribution < -0.4 is 16.2 Å². The second-order valence-corrected chi connectivity index (χ2v) is 2.26. The molecule has 0 heterocycles. The van der Waals surface area contributed by atoms with Crippen LogP contribution in [0, 0.1) is 5.41 Å². The summed E-state index contributed by atoms with van der Waals surface area (Å²) in [5, 5.41) is 7.19. The molecule has 5 nitrogen and oxygen atoms in total. The van der Waals surface area contributed by atoms with Crippen LogP contribution in [0.25, 0.3) is 0 Å². The van der Waals surface area contributed by atoms with Gasteiger partial charge in [-0.05, 0) is 12.1 Å². The molecular weight excluding hydrogens is 168 g/mol. The van der Waals surface area contributed by atoms with E-state index in [9.17, 15) is 0 Å². The number of guanidine groups is 1. The third kappa shape index (κ3) is 3.24. The van der Waals surface area contributed by atoms with Crippen molar-refractivity contribution < 1.29 is 4.74 Å². The maximum Gasteiger partial charge on any atom is 0.317 e. The molecule has 1 aromatic rings. The summed E-state index contributed by atoms with van der Waals surface area (Å²) in [6, 6.07) is 8.51. The normalized spacial score (nSPS) is 8.92. The van der Waals surface area contributed by atoms with Gasteiger partial charge < -0.3 is 16.2 Å². The summed E-state index contributed by atoms with van der Waals surface area (Å²) >= 11 is 0. The molecule has 0 spiro atoms. The van der Waals surface area contributed by atoms with Crippen LogP contribution in [0.2, 0.25) is 0 Å². The highest BCUT2D eigenvalue weighted by molar-refractivity contribution is 5.89. The van der Waals surface area contributed by atoms with Crippen LogP contribution in [0.15, 0.2) is 35.3 Å². The predicted octanol–water partition coefficient (Wildman–Crippen LogP) is 0.274. The summed E-state index contributed by atoms with van der Waals surface area (Å²) in [5.41, 5.74) is 10.1. The van der Waals surface area contributed by atoms with Gasteiger partial charge in [-0.25, -0.2) is 5.41 Å². The van der Waals surface area contributed by atoms with Crippen LogP contribution in [0.4, 0.5) is 0 Å². The number of hydrogen-bond acceptors (Lipinski definition) is 2. The first-order valence-electron chi connectivity index (χ1n) is 3.59. The Hall–Kier alpha value is -2.04. The topological polar surface area (TPSA) is 97.5 Å². The summed E-state index contributed by atoms with van der Waals surface area (Å²) < 4.78 is 4.96. The molecule has 0 aliphatic rings. The van der Waals surface area contributed by atoms with E-state index in [1.807, 2.05) is 6.07 Å². The summed E-state index contributed by atoms with van der Waals surface area (Å²) in [6.07, 6.45) is 0. The van der Waals surface area contributed by atoms with Gasteiger partial charge in [-0.15, -0.1) is 0 Å². The van der Waals surface area contributed by atoms with Crippen molar-refractivity contribution in [1.29, 1.82) is 5.41 Å². The van der Waals surface area contributed by atoms with Crippen molar-refractivity contribution in [3.63, 3.8) is 0 Å². The van der Waals surface area contributed by atoms with Crippen LogP contribution in [0.5, 0.6) is 5.75 Å². The van der Waals surface area contributed by atoms with Crippen molar-refractivity contribution >= 4 is 12.0 Å². The Morgan fingerprint density at radius 3 is 2.38 bits per heavy atom. The van der Waals surface area contributed by atoms with Crippen LogP contribution >= 0.6 is 0 Å². The fourth-order valence-corrected chi connectivity index (χ4v) is 0.740. The number of para-hydroxylation sites is 1. The lowest BCUT2D eigenvalue weighted by molar-refractivity contribution is 0.537. The number of aliphatic imine (C=N–C) groups is 1. The molecule has 0 amide bonds. The number of benzene rings is 1. The van der Waals surface area contributed by atoms with E-state index in [2.05, 4.69) is 4.99 Å². The molecule has 0 aliphatic heterocycles. The van der Waals surface area contributed by atoms with Crippen molar-refractivity contribution in [2.75, 3.05) is 0 Å². The van der Waals surface area contributed by atoms with E-state index in [4.69, 9.17) is 21.6 Å². The highest BCUT2D eigenvalue weighted by Gasteiger charge is 1.96. The minimum absolute atomic E-state index is 0.194. The highest BCUT2D eigenvalue weighted by atomic mass is 16.5. The second-order valence-electron chi connectivity index (χ2n) is 2.26. The van der Waals surface area contributed by atoms with Gasteiger partial charge in [0.2, 0.25) is 0 Å². The molecule has 0 fully saturated rings. The average Bonchev–Trinajstić information content (AvgIpc) is 2.04. The quantitative estimate of drug-likeness (QED) is 0.425. The van der Waals surface area contributed by atoms with Gasteiger partial charge in [0, 0.05) is 0 Å². The lowest BCUT2D eigenvalue weighted by Crippen LogP contribution is -2.25.